The van der Waals surface area contributed by atoms with Crippen LogP contribution in [0.15, 0.2) is 36.7 Å². The summed E-state index contributed by atoms with van der Waals surface area (Å²) in [7, 11) is 1.58. The van der Waals surface area contributed by atoms with Gasteiger partial charge in [-0.3, -0.25) is 4.98 Å². The second-order valence-corrected chi connectivity index (χ2v) is 3.54. The van der Waals surface area contributed by atoms with Gasteiger partial charge < -0.3 is 26.6 Å². The number of hydrogen-bond acceptors (Lipinski definition) is 4. The van der Waals surface area contributed by atoms with Crippen LogP contribution in [0.4, 0.5) is 11.4 Å². The molecule has 6 N–H and O–H groups in total. The first kappa shape index (κ1) is 13.9. The largest absolute Gasteiger partial charge is 0.630 e. The van der Waals surface area contributed by atoms with E-state index in [2.05, 4.69) is 4.98 Å². The van der Waals surface area contributed by atoms with Crippen molar-refractivity contribution in [1.29, 1.82) is 0 Å². The Bertz CT molecular complexity index is 532. The van der Waals surface area contributed by atoms with E-state index in [1.165, 1.54) is 0 Å². The Morgan fingerprint density at radius 1 is 1.33 bits per heavy atom. The Morgan fingerprint density at radius 3 is 2.78 bits per heavy atom. The number of aromatic nitrogens is 1. The molecular weight excluding hydrogens is 234 g/mol. The summed E-state index contributed by atoms with van der Waals surface area (Å²) in [6.45, 7) is 0. The van der Waals surface area contributed by atoms with Crippen molar-refractivity contribution in [3.63, 3.8) is 0 Å². The van der Waals surface area contributed by atoms with Crippen LogP contribution in [0.3, 0.4) is 0 Å². The van der Waals surface area contributed by atoms with E-state index in [1.807, 2.05) is 12.1 Å². The fourth-order valence-electron chi connectivity index (χ4n) is 1.63. The standard InChI is InChI=1S/C12H13N3O2.H2O/c1-17-12-7-14-5-4-9(12)8-2-3-10(13)11(6-8)15-16;/h2-7H,13,15H2,1H3;1H2. The Morgan fingerprint density at radius 2 is 2.11 bits per heavy atom. The average molecular weight is 249 g/mol. The van der Waals surface area contributed by atoms with Crippen LogP contribution in [-0.4, -0.2) is 17.6 Å². The van der Waals surface area contributed by atoms with Crippen LogP contribution >= 0.6 is 0 Å². The van der Waals surface area contributed by atoms with Gasteiger partial charge in [-0.25, -0.2) is 0 Å². The normalized spacial score (nSPS) is 9.67. The van der Waals surface area contributed by atoms with Gasteiger partial charge in [-0.1, -0.05) is 6.07 Å². The Hall–Kier alpha value is -2.15. The third kappa shape index (κ3) is 2.57. The molecule has 1 aromatic heterocycles. The van der Waals surface area contributed by atoms with E-state index in [1.54, 1.807) is 31.6 Å². The van der Waals surface area contributed by atoms with E-state index >= 15 is 0 Å². The fraction of sp³-hybridized carbons (Fsp3) is 0.0833. The molecule has 0 aliphatic heterocycles. The van der Waals surface area contributed by atoms with Crippen molar-refractivity contribution in [2.75, 3.05) is 12.8 Å². The molecule has 6 nitrogen and oxygen atoms in total. The fourth-order valence-corrected chi connectivity index (χ4v) is 1.63. The minimum atomic E-state index is 0. The molecule has 18 heavy (non-hydrogen) atoms. The average Bonchev–Trinajstić information content (AvgIpc) is 2.39. The van der Waals surface area contributed by atoms with Gasteiger partial charge in [0, 0.05) is 17.8 Å². The smallest absolute Gasteiger partial charge is 0.153 e. The summed E-state index contributed by atoms with van der Waals surface area (Å²) in [6, 6.07) is 7.12. The highest BCUT2D eigenvalue weighted by Crippen LogP contribution is 2.31. The lowest BCUT2D eigenvalue weighted by Gasteiger charge is -2.10. The first-order chi connectivity index (χ1) is 8.26. The topological polar surface area (TPSA) is 119 Å². The molecule has 0 fully saturated rings. The number of methoxy groups -OCH3 is 1. The summed E-state index contributed by atoms with van der Waals surface area (Å²) in [4.78, 5) is 3.98. The van der Waals surface area contributed by atoms with Crippen LogP contribution in [0.2, 0.25) is 0 Å². The van der Waals surface area contributed by atoms with Gasteiger partial charge in [0.2, 0.25) is 0 Å². The molecular formula is C12H15N3O3. The highest BCUT2D eigenvalue weighted by atomic mass is 16.5. The maximum absolute atomic E-state index is 10.8. The maximum Gasteiger partial charge on any atom is 0.153 e. The Balaban J connectivity index is 0.00000162. The summed E-state index contributed by atoms with van der Waals surface area (Å²) in [6.07, 6.45) is 3.31. The molecule has 2 aromatic rings. The summed E-state index contributed by atoms with van der Waals surface area (Å²) in [5.74, 6) is 0.661. The number of quaternary nitrogens is 1. The van der Waals surface area contributed by atoms with Gasteiger partial charge in [0.05, 0.1) is 19.0 Å². The maximum atomic E-state index is 10.8. The number of ether oxygens (including phenoxy) is 1. The molecule has 1 heterocycles. The Labute approximate surface area is 104 Å². The van der Waals surface area contributed by atoms with Crippen molar-refractivity contribution in [2.24, 2.45) is 0 Å². The second kappa shape index (κ2) is 5.97. The molecule has 0 aliphatic carbocycles. The van der Waals surface area contributed by atoms with E-state index in [4.69, 9.17) is 10.5 Å². The molecule has 1 aromatic carbocycles. The van der Waals surface area contributed by atoms with Crippen molar-refractivity contribution in [3.05, 3.63) is 41.9 Å². The molecule has 0 unspecified atom stereocenters. The molecule has 0 bridgehead atoms. The van der Waals surface area contributed by atoms with Gasteiger partial charge in [0.25, 0.3) is 0 Å². The van der Waals surface area contributed by atoms with Crippen molar-refractivity contribution in [3.8, 4) is 16.9 Å². The van der Waals surface area contributed by atoms with Crippen LogP contribution in [0.1, 0.15) is 0 Å². The number of nitrogen functional groups attached to an aromatic ring is 1. The minimum Gasteiger partial charge on any atom is -0.630 e. The van der Waals surface area contributed by atoms with E-state index < -0.39 is 0 Å². The van der Waals surface area contributed by atoms with Gasteiger partial charge in [0.15, 0.2) is 5.69 Å². The molecule has 0 aliphatic rings. The van der Waals surface area contributed by atoms with Crippen molar-refractivity contribution < 1.29 is 15.7 Å². The first-order valence-corrected chi connectivity index (χ1v) is 5.09. The number of anilines is 1. The molecule has 0 radical (unpaired) electrons. The number of hydrogen-bond donors (Lipinski definition) is 2. The summed E-state index contributed by atoms with van der Waals surface area (Å²) >= 11 is 0. The van der Waals surface area contributed by atoms with Gasteiger partial charge in [0.1, 0.15) is 5.75 Å². The van der Waals surface area contributed by atoms with Crippen molar-refractivity contribution >= 4 is 11.4 Å². The molecule has 0 saturated carbocycles. The van der Waals surface area contributed by atoms with Gasteiger partial charge >= 0.3 is 0 Å². The van der Waals surface area contributed by atoms with Crippen molar-refractivity contribution in [1.82, 2.24) is 4.98 Å². The molecule has 0 atom stereocenters. The molecule has 0 amide bonds. The van der Waals surface area contributed by atoms with E-state index in [-0.39, 0.29) is 5.48 Å². The van der Waals surface area contributed by atoms with Gasteiger partial charge in [-0.05, 0) is 17.7 Å². The summed E-state index contributed by atoms with van der Waals surface area (Å²) in [5.41, 5.74) is 9.11. The lowest BCUT2D eigenvalue weighted by molar-refractivity contribution is -0.496. The van der Waals surface area contributed by atoms with E-state index in [0.29, 0.717) is 17.1 Å². The number of nitrogens with zero attached hydrogens (tertiary/aromatic N) is 1. The lowest BCUT2D eigenvalue weighted by atomic mass is 10.0. The molecule has 2 rings (SSSR count). The minimum absolute atomic E-state index is 0. The second-order valence-electron chi connectivity index (χ2n) is 3.54. The predicted octanol–water partition coefficient (Wildman–Crippen LogP) is 0.207. The molecule has 6 heteroatoms. The summed E-state index contributed by atoms with van der Waals surface area (Å²) in [5, 5.41) is 10.8. The van der Waals surface area contributed by atoms with E-state index in [9.17, 15) is 5.21 Å². The van der Waals surface area contributed by atoms with Crippen LogP contribution in [-0.2, 0) is 0 Å². The number of rotatable bonds is 3. The zero-order valence-corrected chi connectivity index (χ0v) is 9.88. The first-order valence-electron chi connectivity index (χ1n) is 5.09. The van der Waals surface area contributed by atoms with Crippen LogP contribution in [0.5, 0.6) is 5.75 Å². The van der Waals surface area contributed by atoms with Crippen LogP contribution in [0.25, 0.3) is 11.1 Å². The van der Waals surface area contributed by atoms with Crippen molar-refractivity contribution in [2.45, 2.75) is 0 Å². The van der Waals surface area contributed by atoms with Crippen LogP contribution < -0.4 is 16.0 Å². The molecule has 96 valence electrons. The lowest BCUT2D eigenvalue weighted by Crippen LogP contribution is -2.70. The quantitative estimate of drug-likeness (QED) is 0.596. The van der Waals surface area contributed by atoms with E-state index in [0.717, 1.165) is 16.6 Å². The monoisotopic (exact) mass is 249 g/mol. The zero-order valence-electron chi connectivity index (χ0n) is 9.88. The highest BCUT2D eigenvalue weighted by molar-refractivity contribution is 5.75. The number of pyridine rings is 1. The summed E-state index contributed by atoms with van der Waals surface area (Å²) < 4.78 is 5.22. The third-order valence-corrected chi connectivity index (χ3v) is 2.53. The highest BCUT2D eigenvalue weighted by Gasteiger charge is 2.08. The van der Waals surface area contributed by atoms with Gasteiger partial charge in [-0.2, -0.15) is 0 Å². The SMILES string of the molecule is COc1cnccc1-c1ccc(N)c([NH2+][O-])c1.O. The third-order valence-electron chi connectivity index (χ3n) is 2.53. The molecule has 0 spiro atoms. The van der Waals surface area contributed by atoms with Gasteiger partial charge in [-0.15, -0.1) is 0 Å². The number of nitrogens with two attached hydrogens (primary N) is 2. The predicted molar refractivity (Wildman–Crippen MR) is 69.2 cm³/mol. The Kier molecular flexibility index (Phi) is 4.61. The van der Waals surface area contributed by atoms with Crippen LogP contribution in [0, 0.1) is 5.21 Å². The zero-order chi connectivity index (χ0) is 12.3. The number of benzene rings is 1. The molecule has 0 saturated heterocycles.